The maximum absolute atomic E-state index is 9.74. The van der Waals surface area contributed by atoms with Crippen molar-refractivity contribution in [2.24, 2.45) is 0 Å². The van der Waals surface area contributed by atoms with Gasteiger partial charge in [-0.2, -0.15) is 9.90 Å². The third-order valence-electron chi connectivity index (χ3n) is 0.784. The molecular formula is C4H4N3O3S. The minimum absolute atomic E-state index is 0.0216. The second-order valence-corrected chi connectivity index (χ2v) is 2.44. The van der Waals surface area contributed by atoms with Crippen LogP contribution in [0.2, 0.25) is 0 Å². The summed E-state index contributed by atoms with van der Waals surface area (Å²) in [6.07, 6.45) is -0.0754. The molecule has 0 aromatic carbocycles. The van der Waals surface area contributed by atoms with Crippen LogP contribution in [0.1, 0.15) is 0 Å². The van der Waals surface area contributed by atoms with E-state index in [1.54, 1.807) is 0 Å². The zero-order chi connectivity index (χ0) is 8.10. The minimum atomic E-state index is -1.54. The number of hydrogen-bond donors (Lipinski definition) is 1. The van der Waals surface area contributed by atoms with E-state index in [-0.39, 0.29) is 5.94 Å². The number of nitrogens with one attached hydrogen (secondary N) is 1. The Bertz CT molecular complexity index is 224. The molecule has 1 aromatic heterocycles. The number of rotatable bonds is 3. The molecule has 0 saturated carbocycles. The Kier molecular flexibility index (Phi) is 2.73. The second-order valence-electron chi connectivity index (χ2n) is 1.48. The van der Waals surface area contributed by atoms with E-state index in [0.717, 1.165) is 11.8 Å². The molecule has 0 unspecified atom stereocenters. The first-order valence-electron chi connectivity index (χ1n) is 2.61. The van der Waals surface area contributed by atoms with Crippen LogP contribution < -0.4 is 0 Å². The Balaban J connectivity index is 2.19. The van der Waals surface area contributed by atoms with Crippen molar-refractivity contribution in [2.45, 2.75) is 5.03 Å². The van der Waals surface area contributed by atoms with Gasteiger partial charge >= 0.3 is 6.16 Å². The summed E-state index contributed by atoms with van der Waals surface area (Å²) in [5.74, 6) is -0.0216. The number of aromatic nitrogens is 3. The molecule has 0 spiro atoms. The van der Waals surface area contributed by atoms with Crippen LogP contribution in [0.25, 0.3) is 0 Å². The van der Waals surface area contributed by atoms with Gasteiger partial charge in [-0.25, -0.2) is 0 Å². The number of carbonyl (C=O) groups excluding carboxylic acids is 1. The highest BCUT2D eigenvalue weighted by Gasteiger charge is 2.00. The lowest BCUT2D eigenvalue weighted by molar-refractivity contribution is 0.0831. The van der Waals surface area contributed by atoms with Gasteiger partial charge in [0.05, 0.1) is 6.20 Å². The van der Waals surface area contributed by atoms with Gasteiger partial charge in [-0.3, -0.25) is 5.10 Å². The van der Waals surface area contributed by atoms with Gasteiger partial charge < -0.3 is 4.74 Å². The van der Waals surface area contributed by atoms with E-state index in [4.69, 9.17) is 0 Å². The van der Waals surface area contributed by atoms with Gasteiger partial charge in [0, 0.05) is 0 Å². The first-order chi connectivity index (χ1) is 5.29. The molecule has 0 atom stereocenters. The predicted molar refractivity (Wildman–Crippen MR) is 34.3 cm³/mol. The molecule has 0 amide bonds. The zero-order valence-electron chi connectivity index (χ0n) is 5.31. The molecule has 59 valence electrons. The van der Waals surface area contributed by atoms with Gasteiger partial charge in [-0.1, -0.05) is 17.0 Å². The molecule has 0 bridgehead atoms. The first kappa shape index (κ1) is 7.86. The second kappa shape index (κ2) is 3.81. The van der Waals surface area contributed by atoms with Gasteiger partial charge in [0.15, 0.2) is 0 Å². The number of carbonyl (C=O) groups is 1. The van der Waals surface area contributed by atoms with Gasteiger partial charge in [0.2, 0.25) is 0 Å². The van der Waals surface area contributed by atoms with Crippen molar-refractivity contribution in [3.05, 3.63) is 6.20 Å². The van der Waals surface area contributed by atoms with Gasteiger partial charge in [-0.15, -0.1) is 5.10 Å². The molecule has 11 heavy (non-hydrogen) atoms. The Morgan fingerprint density at radius 2 is 2.64 bits per heavy atom. The highest BCUT2D eigenvalue weighted by molar-refractivity contribution is 7.99. The summed E-state index contributed by atoms with van der Waals surface area (Å²) in [7, 11) is 0. The SMILES string of the molecule is [O]C(=O)OCSc1cnn[nH]1. The molecular weight excluding hydrogens is 170 g/mol. The average molecular weight is 174 g/mol. The van der Waals surface area contributed by atoms with Crippen LogP contribution in [-0.2, 0) is 9.84 Å². The van der Waals surface area contributed by atoms with E-state index < -0.39 is 6.16 Å². The summed E-state index contributed by atoms with van der Waals surface area (Å²) in [6, 6.07) is 0. The van der Waals surface area contributed by atoms with Crippen molar-refractivity contribution >= 4 is 17.9 Å². The summed E-state index contributed by atoms with van der Waals surface area (Å²) < 4.78 is 4.11. The molecule has 1 heterocycles. The summed E-state index contributed by atoms with van der Waals surface area (Å²) in [6.45, 7) is 0. The van der Waals surface area contributed by atoms with Crippen LogP contribution in [0.3, 0.4) is 0 Å². The maximum Gasteiger partial charge on any atom is 0.550 e. The van der Waals surface area contributed by atoms with Crippen LogP contribution in [0.4, 0.5) is 4.79 Å². The lowest BCUT2D eigenvalue weighted by Gasteiger charge is -1.93. The normalized spacial score (nSPS) is 9.45. The number of nitrogens with zero attached hydrogens (tertiary/aromatic N) is 2. The van der Waals surface area contributed by atoms with Crippen LogP contribution in [0.15, 0.2) is 11.2 Å². The quantitative estimate of drug-likeness (QED) is 0.407. The number of ether oxygens (including phenoxy) is 1. The van der Waals surface area contributed by atoms with Crippen molar-refractivity contribution in [1.82, 2.24) is 15.4 Å². The number of H-pyrrole nitrogens is 1. The third-order valence-corrected chi connectivity index (χ3v) is 1.53. The molecule has 0 aliphatic heterocycles. The van der Waals surface area contributed by atoms with Crippen molar-refractivity contribution in [3.8, 4) is 0 Å². The van der Waals surface area contributed by atoms with E-state index in [1.807, 2.05) is 0 Å². The monoisotopic (exact) mass is 174 g/mol. The lowest BCUT2D eigenvalue weighted by atomic mass is 11.0. The van der Waals surface area contributed by atoms with Crippen LogP contribution >= 0.6 is 11.8 Å². The Labute approximate surface area is 65.9 Å². The fourth-order valence-corrected chi connectivity index (χ4v) is 0.908. The highest BCUT2D eigenvalue weighted by Crippen LogP contribution is 2.11. The van der Waals surface area contributed by atoms with Crippen molar-refractivity contribution in [1.29, 1.82) is 0 Å². The van der Waals surface area contributed by atoms with Crippen molar-refractivity contribution in [3.63, 3.8) is 0 Å². The number of aromatic amines is 1. The predicted octanol–water partition coefficient (Wildman–Crippen LogP) is 0.421. The zero-order valence-corrected chi connectivity index (χ0v) is 6.13. The summed E-state index contributed by atoms with van der Waals surface area (Å²) >= 11 is 1.13. The Morgan fingerprint density at radius 3 is 3.18 bits per heavy atom. The smallest absolute Gasteiger partial charge is 0.420 e. The molecule has 1 aromatic rings. The first-order valence-corrected chi connectivity index (χ1v) is 3.60. The molecule has 1 radical (unpaired) electrons. The third kappa shape index (κ3) is 2.89. The van der Waals surface area contributed by atoms with Crippen LogP contribution in [0, 0.1) is 0 Å². The summed E-state index contributed by atoms with van der Waals surface area (Å²) in [5, 5.41) is 19.8. The molecule has 1 N–H and O–H groups in total. The largest absolute Gasteiger partial charge is 0.550 e. The fourth-order valence-electron chi connectivity index (χ4n) is 0.399. The van der Waals surface area contributed by atoms with Crippen molar-refractivity contribution in [2.75, 3.05) is 5.94 Å². The highest BCUT2D eigenvalue weighted by atomic mass is 32.2. The Morgan fingerprint density at radius 1 is 1.82 bits per heavy atom. The van der Waals surface area contributed by atoms with Gasteiger partial charge in [0.25, 0.3) is 0 Å². The van der Waals surface area contributed by atoms with Gasteiger partial charge in [-0.05, 0) is 0 Å². The molecule has 0 aliphatic rings. The van der Waals surface area contributed by atoms with E-state index in [1.165, 1.54) is 6.20 Å². The topological polar surface area (TPSA) is 87.8 Å². The molecule has 0 aliphatic carbocycles. The lowest BCUT2D eigenvalue weighted by Crippen LogP contribution is -1.96. The van der Waals surface area contributed by atoms with E-state index in [0.29, 0.717) is 5.03 Å². The minimum Gasteiger partial charge on any atom is -0.420 e. The summed E-state index contributed by atoms with van der Waals surface area (Å²) in [4.78, 5) is 9.74. The van der Waals surface area contributed by atoms with Crippen LogP contribution in [0.5, 0.6) is 0 Å². The van der Waals surface area contributed by atoms with E-state index in [2.05, 4.69) is 20.1 Å². The van der Waals surface area contributed by atoms with Crippen molar-refractivity contribution < 1.29 is 14.6 Å². The van der Waals surface area contributed by atoms with Crippen LogP contribution in [-0.4, -0.2) is 27.5 Å². The van der Waals surface area contributed by atoms with E-state index in [9.17, 15) is 9.90 Å². The van der Waals surface area contributed by atoms with E-state index >= 15 is 0 Å². The average Bonchev–Trinajstić information content (AvgIpc) is 2.39. The molecule has 0 fully saturated rings. The molecule has 6 nitrogen and oxygen atoms in total. The number of thioether (sulfide) groups is 1. The standard InChI is InChI=1S/C4H4N3O3S/c8-4(9)10-2-11-3-1-5-7-6-3/h1H,2H2,(H,5,6,7). The number of hydrogen-bond acceptors (Lipinski definition) is 5. The molecule has 1 rings (SSSR count). The van der Waals surface area contributed by atoms with Gasteiger partial charge in [0.1, 0.15) is 11.0 Å². The summed E-state index contributed by atoms with van der Waals surface area (Å²) in [5.41, 5.74) is 0. The maximum atomic E-state index is 9.74. The Hall–Kier alpha value is -1.24. The molecule has 7 heteroatoms. The molecule has 0 saturated heterocycles. The fraction of sp³-hybridized carbons (Fsp3) is 0.250.